The van der Waals surface area contributed by atoms with E-state index in [-0.39, 0.29) is 6.61 Å². The van der Waals surface area contributed by atoms with Gasteiger partial charge < -0.3 is 9.84 Å². The van der Waals surface area contributed by atoms with Crippen molar-refractivity contribution in [2.75, 3.05) is 7.11 Å². The Kier molecular flexibility index (Phi) is 1.90. The van der Waals surface area contributed by atoms with Crippen LogP contribution in [0, 0.1) is 0 Å². The number of pyridine rings is 1. The third kappa shape index (κ3) is 1.15. The summed E-state index contributed by atoms with van der Waals surface area (Å²) in [6.45, 7) is -0.0239. The van der Waals surface area contributed by atoms with Gasteiger partial charge in [-0.2, -0.15) is 5.10 Å². The summed E-state index contributed by atoms with van der Waals surface area (Å²) >= 11 is 0. The minimum atomic E-state index is -0.0239. The fourth-order valence-electron chi connectivity index (χ4n) is 1.35. The summed E-state index contributed by atoms with van der Waals surface area (Å²) in [5, 5.41) is 13.1. The summed E-state index contributed by atoms with van der Waals surface area (Å²) in [6.07, 6.45) is 3.45. The Morgan fingerprint density at radius 3 is 3.15 bits per heavy atom. The molecular formula is C9H10N2O2. The average molecular weight is 178 g/mol. The number of methoxy groups -OCH3 is 1. The maximum atomic E-state index is 9.04. The SMILES string of the molecule is COc1cccn2ncc(CO)c12. The summed E-state index contributed by atoms with van der Waals surface area (Å²) in [7, 11) is 1.60. The van der Waals surface area contributed by atoms with Crippen molar-refractivity contribution < 1.29 is 9.84 Å². The molecule has 0 aliphatic rings. The molecule has 2 rings (SSSR count). The Hall–Kier alpha value is -1.55. The molecule has 0 aliphatic carbocycles. The Bertz CT molecular complexity index is 422. The molecule has 4 heteroatoms. The predicted molar refractivity (Wildman–Crippen MR) is 47.7 cm³/mol. The van der Waals surface area contributed by atoms with Gasteiger partial charge in [0.05, 0.1) is 19.9 Å². The molecule has 2 heterocycles. The Morgan fingerprint density at radius 2 is 2.46 bits per heavy atom. The summed E-state index contributed by atoms with van der Waals surface area (Å²) in [5.41, 5.74) is 1.60. The fraction of sp³-hybridized carbons (Fsp3) is 0.222. The van der Waals surface area contributed by atoms with Gasteiger partial charge in [0.2, 0.25) is 0 Å². The van der Waals surface area contributed by atoms with Gasteiger partial charge in [0, 0.05) is 11.8 Å². The van der Waals surface area contributed by atoms with Crippen molar-refractivity contribution in [3.63, 3.8) is 0 Å². The van der Waals surface area contributed by atoms with E-state index >= 15 is 0 Å². The lowest BCUT2D eigenvalue weighted by Crippen LogP contribution is -1.92. The highest BCUT2D eigenvalue weighted by Gasteiger charge is 2.07. The largest absolute Gasteiger partial charge is 0.494 e. The molecule has 0 saturated heterocycles. The van der Waals surface area contributed by atoms with Gasteiger partial charge in [0.25, 0.3) is 0 Å². The van der Waals surface area contributed by atoms with Gasteiger partial charge >= 0.3 is 0 Å². The number of ether oxygens (including phenoxy) is 1. The first-order valence-electron chi connectivity index (χ1n) is 3.97. The molecule has 0 radical (unpaired) electrons. The zero-order chi connectivity index (χ0) is 9.26. The maximum Gasteiger partial charge on any atom is 0.145 e. The second-order valence-electron chi connectivity index (χ2n) is 2.70. The number of aromatic nitrogens is 2. The molecule has 2 aromatic rings. The van der Waals surface area contributed by atoms with Crippen LogP contribution in [0.25, 0.3) is 5.52 Å². The molecule has 13 heavy (non-hydrogen) atoms. The number of rotatable bonds is 2. The summed E-state index contributed by atoms with van der Waals surface area (Å²) in [4.78, 5) is 0. The lowest BCUT2D eigenvalue weighted by atomic mass is 10.2. The smallest absolute Gasteiger partial charge is 0.145 e. The molecule has 0 amide bonds. The van der Waals surface area contributed by atoms with Crippen LogP contribution in [0.2, 0.25) is 0 Å². The molecule has 2 aromatic heterocycles. The maximum absolute atomic E-state index is 9.04. The highest BCUT2D eigenvalue weighted by atomic mass is 16.5. The number of nitrogens with zero attached hydrogens (tertiary/aromatic N) is 2. The number of aliphatic hydroxyl groups is 1. The summed E-state index contributed by atoms with van der Waals surface area (Å²) in [5.74, 6) is 0.726. The highest BCUT2D eigenvalue weighted by Crippen LogP contribution is 2.22. The number of hydrogen-bond donors (Lipinski definition) is 1. The van der Waals surface area contributed by atoms with E-state index in [9.17, 15) is 0 Å². The zero-order valence-electron chi connectivity index (χ0n) is 7.27. The molecule has 1 N–H and O–H groups in total. The standard InChI is InChI=1S/C9H10N2O2/c1-13-8-3-2-4-11-9(8)7(6-12)5-10-11/h2-5,12H,6H2,1H3. The first-order valence-corrected chi connectivity index (χ1v) is 3.97. The molecule has 0 unspecified atom stereocenters. The van der Waals surface area contributed by atoms with Gasteiger partial charge in [-0.05, 0) is 12.1 Å². The van der Waals surface area contributed by atoms with Gasteiger partial charge in [-0.25, -0.2) is 4.52 Å². The first kappa shape index (κ1) is 8.07. The van der Waals surface area contributed by atoms with Crippen LogP contribution in [0.4, 0.5) is 0 Å². The van der Waals surface area contributed by atoms with E-state index in [0.29, 0.717) is 0 Å². The molecule has 0 spiro atoms. The fourth-order valence-corrected chi connectivity index (χ4v) is 1.35. The van der Waals surface area contributed by atoms with E-state index in [1.165, 1.54) is 0 Å². The van der Waals surface area contributed by atoms with Crippen molar-refractivity contribution in [3.05, 3.63) is 30.1 Å². The van der Waals surface area contributed by atoms with Gasteiger partial charge in [-0.15, -0.1) is 0 Å². The first-order chi connectivity index (χ1) is 6.36. The molecule has 0 bridgehead atoms. The zero-order valence-corrected chi connectivity index (χ0v) is 7.27. The Morgan fingerprint density at radius 1 is 1.62 bits per heavy atom. The van der Waals surface area contributed by atoms with Crippen molar-refractivity contribution >= 4 is 5.52 Å². The van der Waals surface area contributed by atoms with Gasteiger partial charge in [-0.1, -0.05) is 0 Å². The van der Waals surface area contributed by atoms with Crippen molar-refractivity contribution in [2.24, 2.45) is 0 Å². The van der Waals surface area contributed by atoms with Gasteiger partial charge in [0.15, 0.2) is 0 Å². The van der Waals surface area contributed by atoms with E-state index in [1.54, 1.807) is 17.8 Å². The van der Waals surface area contributed by atoms with Gasteiger partial charge in [0.1, 0.15) is 11.3 Å². The Balaban J connectivity index is 2.76. The van der Waals surface area contributed by atoms with Crippen LogP contribution in [0.5, 0.6) is 5.75 Å². The molecule has 0 aromatic carbocycles. The topological polar surface area (TPSA) is 46.8 Å². The summed E-state index contributed by atoms with van der Waals surface area (Å²) in [6, 6.07) is 3.69. The van der Waals surface area contributed by atoms with Crippen molar-refractivity contribution in [3.8, 4) is 5.75 Å². The van der Waals surface area contributed by atoms with Crippen molar-refractivity contribution in [1.82, 2.24) is 9.61 Å². The van der Waals surface area contributed by atoms with Crippen LogP contribution in [-0.2, 0) is 6.61 Å². The van der Waals surface area contributed by atoms with Crippen LogP contribution in [0.1, 0.15) is 5.56 Å². The Labute approximate surface area is 75.4 Å². The molecule has 0 fully saturated rings. The second-order valence-corrected chi connectivity index (χ2v) is 2.70. The third-order valence-electron chi connectivity index (χ3n) is 1.97. The number of hydrogen-bond acceptors (Lipinski definition) is 3. The normalized spacial score (nSPS) is 10.6. The van der Waals surface area contributed by atoms with E-state index < -0.39 is 0 Å². The van der Waals surface area contributed by atoms with Gasteiger partial charge in [-0.3, -0.25) is 0 Å². The average Bonchev–Trinajstić information content (AvgIpc) is 2.60. The van der Waals surface area contributed by atoms with Crippen LogP contribution >= 0.6 is 0 Å². The monoisotopic (exact) mass is 178 g/mol. The minimum Gasteiger partial charge on any atom is -0.494 e. The number of fused-ring (bicyclic) bond motifs is 1. The summed E-state index contributed by atoms with van der Waals surface area (Å²) < 4.78 is 6.84. The molecular weight excluding hydrogens is 168 g/mol. The van der Waals surface area contributed by atoms with E-state index in [4.69, 9.17) is 9.84 Å². The van der Waals surface area contributed by atoms with Crippen molar-refractivity contribution in [2.45, 2.75) is 6.61 Å². The van der Waals surface area contributed by atoms with Crippen LogP contribution in [-0.4, -0.2) is 21.8 Å². The quantitative estimate of drug-likeness (QED) is 0.741. The van der Waals surface area contributed by atoms with Crippen molar-refractivity contribution in [1.29, 1.82) is 0 Å². The minimum absolute atomic E-state index is 0.0239. The molecule has 4 nitrogen and oxygen atoms in total. The second kappa shape index (κ2) is 3.06. The molecule has 0 aliphatic heterocycles. The lowest BCUT2D eigenvalue weighted by Gasteiger charge is -2.02. The molecule has 0 saturated carbocycles. The number of aliphatic hydroxyl groups excluding tert-OH is 1. The van der Waals surface area contributed by atoms with E-state index in [1.807, 2.05) is 18.3 Å². The van der Waals surface area contributed by atoms with Crippen LogP contribution in [0.3, 0.4) is 0 Å². The molecule has 0 atom stereocenters. The van der Waals surface area contributed by atoms with Crippen LogP contribution in [0.15, 0.2) is 24.5 Å². The third-order valence-corrected chi connectivity index (χ3v) is 1.97. The van der Waals surface area contributed by atoms with E-state index in [0.717, 1.165) is 16.8 Å². The highest BCUT2D eigenvalue weighted by molar-refractivity contribution is 5.64. The lowest BCUT2D eigenvalue weighted by molar-refractivity contribution is 0.283. The molecule has 68 valence electrons. The predicted octanol–water partition coefficient (Wildman–Crippen LogP) is 0.835. The van der Waals surface area contributed by atoms with E-state index in [2.05, 4.69) is 5.10 Å². The van der Waals surface area contributed by atoms with Crippen LogP contribution < -0.4 is 4.74 Å².